The number of rotatable bonds is 4. The van der Waals surface area contributed by atoms with Gasteiger partial charge in [0.05, 0.1) is 18.9 Å². The highest BCUT2D eigenvalue weighted by Gasteiger charge is 2.40. The Morgan fingerprint density at radius 3 is 2.79 bits per heavy atom. The molecule has 24 heavy (non-hydrogen) atoms. The summed E-state index contributed by atoms with van der Waals surface area (Å²) >= 11 is 0. The average molecular weight is 324 g/mol. The first-order valence-corrected chi connectivity index (χ1v) is 8.45. The molecule has 0 unspecified atom stereocenters. The van der Waals surface area contributed by atoms with Crippen LogP contribution in [-0.2, 0) is 9.53 Å². The second-order valence-corrected chi connectivity index (χ2v) is 6.84. The molecule has 1 aromatic heterocycles. The minimum absolute atomic E-state index is 0.000826. The Hall–Kier alpha value is -2.36. The minimum Gasteiger partial charge on any atom is -0.472 e. The van der Waals surface area contributed by atoms with Gasteiger partial charge in [0.25, 0.3) is 0 Å². The van der Waals surface area contributed by atoms with Crippen molar-refractivity contribution in [3.63, 3.8) is 0 Å². The summed E-state index contributed by atoms with van der Waals surface area (Å²) in [6.45, 7) is 0. The van der Waals surface area contributed by atoms with Crippen LogP contribution in [0, 0.1) is 5.92 Å². The number of furan rings is 1. The highest BCUT2D eigenvalue weighted by Crippen LogP contribution is 2.53. The molecule has 4 heteroatoms. The fraction of sp³-hybridized carbons (Fsp3) is 0.400. The van der Waals surface area contributed by atoms with Gasteiger partial charge in [0.1, 0.15) is 6.26 Å². The maximum atomic E-state index is 12.5. The number of fused-ring (bicyclic) bond motifs is 2. The second kappa shape index (κ2) is 5.93. The van der Waals surface area contributed by atoms with Crippen LogP contribution in [0.25, 0.3) is 0 Å². The van der Waals surface area contributed by atoms with Gasteiger partial charge in [-0.15, -0.1) is 0 Å². The smallest absolute Gasteiger partial charge is 0.305 e. The van der Waals surface area contributed by atoms with E-state index in [9.17, 15) is 9.59 Å². The number of hydrogen-bond donors (Lipinski definition) is 0. The second-order valence-electron chi connectivity index (χ2n) is 6.84. The zero-order valence-electron chi connectivity index (χ0n) is 13.7. The van der Waals surface area contributed by atoms with Crippen molar-refractivity contribution in [3.8, 4) is 0 Å². The van der Waals surface area contributed by atoms with Crippen LogP contribution in [0.1, 0.15) is 64.6 Å². The molecule has 4 nitrogen and oxygen atoms in total. The standard InChI is InChI=1S/C20H20O4/c1-23-19(21)10-15-8-12-2-4-16(15)17-5-3-13(9-18(12)17)20(22)14-6-7-24-11-14/h3,5-7,9,11-12,15-16H,2,4,8,10H2,1H3/t12-,15+,16+/m1/s1. The molecule has 3 atom stereocenters. The number of carbonyl (C=O) groups excluding carboxylic acids is 2. The largest absolute Gasteiger partial charge is 0.472 e. The summed E-state index contributed by atoms with van der Waals surface area (Å²) in [4.78, 5) is 24.2. The molecule has 0 saturated heterocycles. The van der Waals surface area contributed by atoms with Crippen molar-refractivity contribution < 1.29 is 18.7 Å². The summed E-state index contributed by atoms with van der Waals surface area (Å²) in [5.74, 6) is 1.08. The van der Waals surface area contributed by atoms with Gasteiger partial charge in [0.2, 0.25) is 0 Å². The summed E-state index contributed by atoms with van der Waals surface area (Å²) in [5.41, 5.74) is 3.91. The molecule has 0 aliphatic heterocycles. The molecule has 0 N–H and O–H groups in total. The fourth-order valence-electron chi connectivity index (χ4n) is 4.45. The minimum atomic E-state index is -0.124. The summed E-state index contributed by atoms with van der Waals surface area (Å²) in [6, 6.07) is 7.74. The van der Waals surface area contributed by atoms with Crippen LogP contribution in [0.3, 0.4) is 0 Å². The number of ketones is 1. The van der Waals surface area contributed by atoms with Gasteiger partial charge in [-0.3, -0.25) is 9.59 Å². The quantitative estimate of drug-likeness (QED) is 0.629. The molecule has 0 spiro atoms. The SMILES string of the molecule is COC(=O)C[C@@H]1C[C@H]2CC[C@@H]1c1ccc(C(=O)c3ccoc3)cc12. The third-order valence-corrected chi connectivity index (χ3v) is 5.61. The van der Waals surface area contributed by atoms with Crippen LogP contribution in [0.4, 0.5) is 0 Å². The van der Waals surface area contributed by atoms with Crippen molar-refractivity contribution in [2.45, 2.75) is 37.5 Å². The van der Waals surface area contributed by atoms with Gasteiger partial charge in [0, 0.05) is 12.0 Å². The Balaban J connectivity index is 1.64. The van der Waals surface area contributed by atoms with Gasteiger partial charge in [-0.25, -0.2) is 0 Å². The van der Waals surface area contributed by atoms with Gasteiger partial charge in [-0.1, -0.05) is 12.1 Å². The molecular weight excluding hydrogens is 304 g/mol. The van der Waals surface area contributed by atoms with Crippen molar-refractivity contribution in [3.05, 3.63) is 59.0 Å². The van der Waals surface area contributed by atoms with Gasteiger partial charge in [0.15, 0.2) is 5.78 Å². The van der Waals surface area contributed by atoms with Crippen molar-refractivity contribution >= 4 is 11.8 Å². The molecular formula is C20H20O4. The van der Waals surface area contributed by atoms with Crippen molar-refractivity contribution in [2.24, 2.45) is 5.92 Å². The summed E-state index contributed by atoms with van der Waals surface area (Å²) in [5, 5.41) is 0. The van der Waals surface area contributed by atoms with Crippen molar-refractivity contribution in [1.29, 1.82) is 0 Å². The first-order chi connectivity index (χ1) is 11.7. The molecule has 2 bridgehead atoms. The number of hydrogen-bond acceptors (Lipinski definition) is 4. The Kier molecular flexibility index (Phi) is 3.75. The molecule has 3 aliphatic carbocycles. The Labute approximate surface area is 140 Å². The van der Waals surface area contributed by atoms with Crippen LogP contribution >= 0.6 is 0 Å². The number of esters is 1. The predicted octanol–water partition coefficient (Wildman–Crippen LogP) is 4.05. The van der Waals surface area contributed by atoms with E-state index in [0.29, 0.717) is 35.3 Å². The van der Waals surface area contributed by atoms with Gasteiger partial charge in [-0.05, 0) is 60.3 Å². The van der Waals surface area contributed by atoms with E-state index in [1.54, 1.807) is 6.07 Å². The van der Waals surface area contributed by atoms with E-state index < -0.39 is 0 Å². The molecule has 5 rings (SSSR count). The molecule has 0 amide bonds. The van der Waals surface area contributed by atoms with Crippen LogP contribution in [0.2, 0.25) is 0 Å². The Morgan fingerprint density at radius 2 is 2.04 bits per heavy atom. The normalized spacial score (nSPS) is 24.5. The maximum absolute atomic E-state index is 12.5. The van der Waals surface area contributed by atoms with Crippen LogP contribution in [0.15, 0.2) is 41.2 Å². The lowest BCUT2D eigenvalue weighted by molar-refractivity contribution is -0.142. The predicted molar refractivity (Wildman–Crippen MR) is 88.0 cm³/mol. The molecule has 1 heterocycles. The molecule has 1 aromatic carbocycles. The van der Waals surface area contributed by atoms with Crippen LogP contribution in [0.5, 0.6) is 0 Å². The number of benzene rings is 1. The Bertz CT molecular complexity index is 775. The molecule has 124 valence electrons. The summed E-state index contributed by atoms with van der Waals surface area (Å²) in [6.07, 6.45) is 6.77. The average Bonchev–Trinajstić information content (AvgIpc) is 3.16. The van der Waals surface area contributed by atoms with Gasteiger partial charge in [-0.2, -0.15) is 0 Å². The lowest BCUT2D eigenvalue weighted by Gasteiger charge is -2.44. The van der Waals surface area contributed by atoms with Crippen molar-refractivity contribution in [1.82, 2.24) is 0 Å². The summed E-state index contributed by atoms with van der Waals surface area (Å²) in [7, 11) is 1.45. The Morgan fingerprint density at radius 1 is 1.17 bits per heavy atom. The number of carbonyl (C=O) groups is 2. The lowest BCUT2D eigenvalue weighted by Crippen LogP contribution is -2.31. The monoisotopic (exact) mass is 324 g/mol. The van der Waals surface area contributed by atoms with E-state index in [2.05, 4.69) is 12.1 Å². The van der Waals surface area contributed by atoms with E-state index in [-0.39, 0.29) is 11.8 Å². The molecule has 2 aromatic rings. The maximum Gasteiger partial charge on any atom is 0.305 e. The fourth-order valence-corrected chi connectivity index (χ4v) is 4.45. The van der Waals surface area contributed by atoms with E-state index in [4.69, 9.17) is 9.15 Å². The van der Waals surface area contributed by atoms with Gasteiger partial charge >= 0.3 is 5.97 Å². The first kappa shape index (κ1) is 15.2. The first-order valence-electron chi connectivity index (χ1n) is 8.45. The highest BCUT2D eigenvalue weighted by atomic mass is 16.5. The van der Waals surface area contributed by atoms with E-state index in [0.717, 1.165) is 19.3 Å². The third kappa shape index (κ3) is 2.46. The third-order valence-electron chi connectivity index (χ3n) is 5.61. The van der Waals surface area contributed by atoms with Gasteiger partial charge < -0.3 is 9.15 Å². The molecule has 1 saturated carbocycles. The lowest BCUT2D eigenvalue weighted by atomic mass is 9.61. The van der Waals surface area contributed by atoms with E-state index in [1.807, 2.05) is 6.07 Å². The summed E-state index contributed by atoms with van der Waals surface area (Å²) < 4.78 is 9.86. The zero-order chi connectivity index (χ0) is 16.7. The van der Waals surface area contributed by atoms with Crippen molar-refractivity contribution in [2.75, 3.05) is 7.11 Å². The molecule has 1 fully saturated rings. The number of ether oxygens (including phenoxy) is 1. The van der Waals surface area contributed by atoms with Crippen LogP contribution in [-0.4, -0.2) is 18.9 Å². The molecule has 3 aliphatic rings. The van der Waals surface area contributed by atoms with E-state index >= 15 is 0 Å². The van der Waals surface area contributed by atoms with Crippen LogP contribution < -0.4 is 0 Å². The highest BCUT2D eigenvalue weighted by molar-refractivity contribution is 6.08. The topological polar surface area (TPSA) is 56.5 Å². The zero-order valence-corrected chi connectivity index (χ0v) is 13.7. The van der Waals surface area contributed by atoms with E-state index in [1.165, 1.54) is 30.8 Å². The number of methoxy groups -OCH3 is 1. The molecule has 0 radical (unpaired) electrons.